The average Bonchev–Trinajstić information content (AvgIpc) is 3.46. The van der Waals surface area contributed by atoms with Gasteiger partial charge in [0.05, 0.1) is 17.4 Å². The SMILES string of the molecule is C=CCN(CCC)C(=O)[C@@H]1[C@H]2C(=O)N(CCCO)C(C(=O)N(CC=C)c3ccc(Cl)cc3)C23CC[C@@]1(C)O3. The number of nitrogens with zero attached hydrogens (tertiary/aromatic N) is 3. The molecule has 1 spiro atoms. The second-order valence-electron chi connectivity index (χ2n) is 10.6. The van der Waals surface area contributed by atoms with Crippen molar-refractivity contribution in [3.63, 3.8) is 0 Å². The van der Waals surface area contributed by atoms with Gasteiger partial charge in [-0.25, -0.2) is 0 Å². The summed E-state index contributed by atoms with van der Waals surface area (Å²) in [6, 6.07) is 6.00. The standard InChI is InChI=1S/C29H38ClN3O5/c1-5-15-31(16-6-2)25(35)22-23-26(36)33(18-8-19-34)24(29(23)14-13-28(22,4)38-29)27(37)32(17-7-3)21-11-9-20(30)10-12-21/h5,7,9-12,22-24,34H,1,3,6,8,13-19H2,2,4H3/t22-,23-,24?,28+,29?/m0/s1. The van der Waals surface area contributed by atoms with Gasteiger partial charge in [0.2, 0.25) is 11.8 Å². The molecule has 1 aromatic rings. The van der Waals surface area contributed by atoms with Crippen LogP contribution in [0.1, 0.15) is 39.5 Å². The molecule has 8 nitrogen and oxygen atoms in total. The summed E-state index contributed by atoms with van der Waals surface area (Å²) in [7, 11) is 0. The molecule has 0 radical (unpaired) electrons. The maximum Gasteiger partial charge on any atom is 0.253 e. The van der Waals surface area contributed by atoms with Crippen LogP contribution in [0.15, 0.2) is 49.6 Å². The summed E-state index contributed by atoms with van der Waals surface area (Å²) >= 11 is 6.09. The molecule has 5 atom stereocenters. The number of carbonyl (C=O) groups is 3. The van der Waals surface area contributed by atoms with E-state index in [0.29, 0.717) is 43.1 Å². The highest BCUT2D eigenvalue weighted by Gasteiger charge is 2.78. The molecule has 3 fully saturated rings. The third-order valence-electron chi connectivity index (χ3n) is 8.20. The predicted octanol–water partition coefficient (Wildman–Crippen LogP) is 3.43. The van der Waals surface area contributed by atoms with Crippen molar-refractivity contribution in [2.75, 3.05) is 37.7 Å². The van der Waals surface area contributed by atoms with Gasteiger partial charge in [0.15, 0.2) is 0 Å². The van der Waals surface area contributed by atoms with Gasteiger partial charge in [-0.3, -0.25) is 14.4 Å². The Morgan fingerprint density at radius 1 is 1.18 bits per heavy atom. The first-order chi connectivity index (χ1) is 18.2. The lowest BCUT2D eigenvalue weighted by molar-refractivity contribution is -0.149. The second kappa shape index (κ2) is 11.2. The molecule has 3 saturated heterocycles. The number of anilines is 1. The van der Waals surface area contributed by atoms with E-state index in [4.69, 9.17) is 16.3 Å². The Balaban J connectivity index is 1.78. The molecule has 9 heteroatoms. The highest BCUT2D eigenvalue weighted by atomic mass is 35.5. The Labute approximate surface area is 229 Å². The molecule has 3 heterocycles. The molecule has 1 N–H and O–H groups in total. The highest BCUT2D eigenvalue weighted by Crippen LogP contribution is 2.63. The third-order valence-corrected chi connectivity index (χ3v) is 8.46. The van der Waals surface area contributed by atoms with Gasteiger partial charge in [-0.1, -0.05) is 30.7 Å². The Morgan fingerprint density at radius 3 is 2.47 bits per heavy atom. The number of rotatable bonds is 12. The number of fused-ring (bicyclic) bond motifs is 1. The van der Waals surface area contributed by atoms with Gasteiger partial charge in [-0.15, -0.1) is 13.2 Å². The van der Waals surface area contributed by atoms with Crippen LogP contribution in [0, 0.1) is 11.8 Å². The molecule has 3 aliphatic rings. The van der Waals surface area contributed by atoms with Crippen LogP contribution in [0.3, 0.4) is 0 Å². The van der Waals surface area contributed by atoms with Gasteiger partial charge in [-0.05, 0) is 56.9 Å². The summed E-state index contributed by atoms with van der Waals surface area (Å²) in [5.41, 5.74) is -1.35. The van der Waals surface area contributed by atoms with E-state index in [-0.39, 0.29) is 37.4 Å². The molecular weight excluding hydrogens is 506 g/mol. The number of carbonyl (C=O) groups excluding carboxylic acids is 3. The Morgan fingerprint density at radius 2 is 1.87 bits per heavy atom. The molecule has 38 heavy (non-hydrogen) atoms. The van der Waals surface area contributed by atoms with Crippen molar-refractivity contribution in [3.8, 4) is 0 Å². The van der Waals surface area contributed by atoms with E-state index in [1.54, 1.807) is 46.2 Å². The van der Waals surface area contributed by atoms with Crippen LogP contribution >= 0.6 is 11.6 Å². The lowest BCUT2D eigenvalue weighted by Crippen LogP contribution is -2.56. The van der Waals surface area contributed by atoms with E-state index >= 15 is 0 Å². The topological polar surface area (TPSA) is 90.4 Å². The van der Waals surface area contributed by atoms with Crippen LogP contribution in [-0.2, 0) is 19.1 Å². The Kier molecular flexibility index (Phi) is 8.35. The molecule has 0 saturated carbocycles. The molecule has 3 amide bonds. The van der Waals surface area contributed by atoms with Crippen molar-refractivity contribution >= 4 is 35.0 Å². The van der Waals surface area contributed by atoms with Gasteiger partial charge < -0.3 is 24.5 Å². The number of ether oxygens (including phenoxy) is 1. The van der Waals surface area contributed by atoms with Crippen LogP contribution in [0.5, 0.6) is 0 Å². The van der Waals surface area contributed by atoms with E-state index in [1.807, 2.05) is 13.8 Å². The van der Waals surface area contributed by atoms with Crippen LogP contribution in [0.2, 0.25) is 5.02 Å². The van der Waals surface area contributed by atoms with Crippen molar-refractivity contribution < 1.29 is 24.2 Å². The van der Waals surface area contributed by atoms with E-state index in [0.717, 1.165) is 6.42 Å². The predicted molar refractivity (Wildman–Crippen MR) is 147 cm³/mol. The second-order valence-corrected chi connectivity index (χ2v) is 11.1. The zero-order chi connectivity index (χ0) is 27.7. The van der Waals surface area contributed by atoms with Crippen molar-refractivity contribution in [1.29, 1.82) is 0 Å². The van der Waals surface area contributed by atoms with Gasteiger partial charge >= 0.3 is 0 Å². The minimum absolute atomic E-state index is 0.125. The fraction of sp³-hybridized carbons (Fsp3) is 0.552. The zero-order valence-electron chi connectivity index (χ0n) is 22.3. The first-order valence-electron chi connectivity index (χ1n) is 13.4. The quantitative estimate of drug-likeness (QED) is 0.408. The number of aliphatic hydroxyl groups excluding tert-OH is 1. The van der Waals surface area contributed by atoms with Crippen molar-refractivity contribution in [2.45, 2.75) is 56.8 Å². The molecule has 2 bridgehead atoms. The summed E-state index contributed by atoms with van der Waals surface area (Å²) in [6.07, 6.45) is 5.48. The van der Waals surface area contributed by atoms with Crippen LogP contribution < -0.4 is 4.90 Å². The highest BCUT2D eigenvalue weighted by molar-refractivity contribution is 6.30. The lowest BCUT2D eigenvalue weighted by Gasteiger charge is -2.37. The van der Waals surface area contributed by atoms with Crippen LogP contribution in [0.4, 0.5) is 5.69 Å². The summed E-state index contributed by atoms with van der Waals surface area (Å²) in [5, 5.41) is 10.1. The molecule has 1 aromatic carbocycles. The monoisotopic (exact) mass is 543 g/mol. The van der Waals surface area contributed by atoms with Crippen LogP contribution in [0.25, 0.3) is 0 Å². The maximum atomic E-state index is 14.4. The summed E-state index contributed by atoms with van der Waals surface area (Å²) in [5.74, 6) is -2.17. The van der Waals surface area contributed by atoms with E-state index < -0.39 is 29.1 Å². The number of likely N-dealkylation sites (tertiary alicyclic amines) is 1. The number of hydrogen-bond acceptors (Lipinski definition) is 5. The third kappa shape index (κ3) is 4.56. The fourth-order valence-electron chi connectivity index (χ4n) is 6.70. The molecular formula is C29H38ClN3O5. The number of halogens is 1. The molecule has 3 aliphatic heterocycles. The minimum atomic E-state index is -1.13. The summed E-state index contributed by atoms with van der Waals surface area (Å²) in [6.45, 7) is 12.7. The largest absolute Gasteiger partial charge is 0.396 e. The van der Waals surface area contributed by atoms with E-state index in [9.17, 15) is 19.5 Å². The summed E-state index contributed by atoms with van der Waals surface area (Å²) in [4.78, 5) is 47.3. The first-order valence-corrected chi connectivity index (χ1v) is 13.8. The normalized spacial score (nSPS) is 29.3. The minimum Gasteiger partial charge on any atom is -0.396 e. The first kappa shape index (κ1) is 28.3. The van der Waals surface area contributed by atoms with Gasteiger partial charge in [0, 0.05) is 43.5 Å². The molecule has 2 unspecified atom stereocenters. The van der Waals surface area contributed by atoms with Crippen molar-refractivity contribution in [2.24, 2.45) is 11.8 Å². The number of hydrogen-bond donors (Lipinski definition) is 1. The van der Waals surface area contributed by atoms with Gasteiger partial charge in [-0.2, -0.15) is 0 Å². The van der Waals surface area contributed by atoms with Gasteiger partial charge in [0.1, 0.15) is 11.6 Å². The number of benzene rings is 1. The van der Waals surface area contributed by atoms with Crippen molar-refractivity contribution in [1.82, 2.24) is 9.80 Å². The smallest absolute Gasteiger partial charge is 0.253 e. The molecule has 206 valence electrons. The van der Waals surface area contributed by atoms with E-state index in [1.165, 1.54) is 4.90 Å². The van der Waals surface area contributed by atoms with Crippen molar-refractivity contribution in [3.05, 3.63) is 54.6 Å². The number of aliphatic hydroxyl groups is 1. The molecule has 0 aliphatic carbocycles. The zero-order valence-corrected chi connectivity index (χ0v) is 23.0. The maximum absolute atomic E-state index is 14.4. The average molecular weight is 544 g/mol. The molecule has 0 aromatic heterocycles. The lowest BCUT2D eigenvalue weighted by atomic mass is 9.66. The Bertz CT molecular complexity index is 1090. The molecule has 4 rings (SSSR count). The van der Waals surface area contributed by atoms with E-state index in [2.05, 4.69) is 13.2 Å². The summed E-state index contributed by atoms with van der Waals surface area (Å²) < 4.78 is 6.72. The van der Waals surface area contributed by atoms with Gasteiger partial charge in [0.25, 0.3) is 5.91 Å². The fourth-order valence-corrected chi connectivity index (χ4v) is 6.82. The Hall–Kier alpha value is -2.68. The van der Waals surface area contributed by atoms with Crippen LogP contribution in [-0.4, -0.2) is 82.7 Å². The number of amides is 3.